The Morgan fingerprint density at radius 2 is 2.33 bits per heavy atom. The number of nitrogens with one attached hydrogen (secondary N) is 2. The van der Waals surface area contributed by atoms with Gasteiger partial charge in [0.25, 0.3) is 5.91 Å². The van der Waals surface area contributed by atoms with E-state index < -0.39 is 0 Å². The molecule has 0 aliphatic carbocycles. The molecule has 0 radical (unpaired) electrons. The van der Waals surface area contributed by atoms with Crippen molar-refractivity contribution in [1.29, 1.82) is 0 Å². The third-order valence-electron chi connectivity index (χ3n) is 1.84. The minimum atomic E-state index is -0.173. The number of anilines is 1. The summed E-state index contributed by atoms with van der Waals surface area (Å²) in [5.41, 5.74) is 0.751. The number of hydrogen-bond donors (Lipinski definition) is 2. The number of aromatic amines is 1. The van der Waals surface area contributed by atoms with Crippen molar-refractivity contribution in [2.45, 2.75) is 13.8 Å². The Kier molecular flexibility index (Phi) is 2.51. The van der Waals surface area contributed by atoms with Crippen molar-refractivity contribution in [1.82, 2.24) is 15.0 Å². The van der Waals surface area contributed by atoms with Crippen molar-refractivity contribution < 1.29 is 4.79 Å². The first-order valence-electron chi connectivity index (χ1n) is 4.41. The van der Waals surface area contributed by atoms with Gasteiger partial charge in [-0.3, -0.25) is 10.1 Å². The third-order valence-corrected chi connectivity index (χ3v) is 2.91. The Morgan fingerprint density at radius 1 is 1.53 bits per heavy atom. The second-order valence-electron chi connectivity index (χ2n) is 3.04. The van der Waals surface area contributed by atoms with E-state index in [4.69, 9.17) is 0 Å². The predicted molar refractivity (Wildman–Crippen MR) is 58.1 cm³/mol. The largest absolute Gasteiger partial charge is 0.331 e. The van der Waals surface area contributed by atoms with Gasteiger partial charge < -0.3 is 4.98 Å². The maximum atomic E-state index is 11.7. The van der Waals surface area contributed by atoms with E-state index in [1.54, 1.807) is 12.4 Å². The van der Waals surface area contributed by atoms with Crippen molar-refractivity contribution in [3.8, 4) is 0 Å². The molecule has 2 aromatic heterocycles. The van der Waals surface area contributed by atoms with Gasteiger partial charge in [-0.25, -0.2) is 9.97 Å². The summed E-state index contributed by atoms with van der Waals surface area (Å²) >= 11 is 1.38. The van der Waals surface area contributed by atoms with Crippen molar-refractivity contribution in [3.63, 3.8) is 0 Å². The Bertz CT molecular complexity index is 474. The summed E-state index contributed by atoms with van der Waals surface area (Å²) in [5.74, 6) is 0.276. The fourth-order valence-electron chi connectivity index (χ4n) is 1.24. The lowest BCUT2D eigenvalue weighted by molar-refractivity contribution is 0.102. The lowest BCUT2D eigenvalue weighted by Crippen LogP contribution is -2.12. The van der Waals surface area contributed by atoms with Gasteiger partial charge in [0.2, 0.25) is 5.95 Å². The molecule has 0 bridgehead atoms. The predicted octanol–water partition coefficient (Wildman–Crippen LogP) is 1.74. The molecule has 0 atom stereocenters. The van der Waals surface area contributed by atoms with Crippen molar-refractivity contribution in [3.05, 3.63) is 28.0 Å². The number of hydrogen-bond acceptors (Lipinski definition) is 4. The Hall–Kier alpha value is -1.69. The van der Waals surface area contributed by atoms with Gasteiger partial charge in [-0.05, 0) is 13.8 Å². The van der Waals surface area contributed by atoms with E-state index in [-0.39, 0.29) is 5.91 Å². The minimum absolute atomic E-state index is 0.173. The van der Waals surface area contributed by atoms with Crippen LogP contribution >= 0.6 is 11.3 Å². The van der Waals surface area contributed by atoms with Crippen LogP contribution in [0.2, 0.25) is 0 Å². The van der Waals surface area contributed by atoms with Gasteiger partial charge >= 0.3 is 0 Å². The SMILES string of the molecule is Cc1nc(C)c(C(=O)Nc2ncc[nH]2)s1. The summed E-state index contributed by atoms with van der Waals surface area (Å²) in [6.07, 6.45) is 3.24. The summed E-state index contributed by atoms with van der Waals surface area (Å²) in [5, 5.41) is 3.54. The molecule has 2 N–H and O–H groups in total. The number of rotatable bonds is 2. The van der Waals surface area contributed by atoms with Crippen molar-refractivity contribution in [2.75, 3.05) is 5.32 Å². The molecule has 5 nitrogen and oxygen atoms in total. The number of carbonyl (C=O) groups is 1. The Labute approximate surface area is 90.6 Å². The number of aryl methyl sites for hydroxylation is 2. The smallest absolute Gasteiger partial charge is 0.269 e. The first-order chi connectivity index (χ1) is 7.16. The molecular weight excluding hydrogens is 212 g/mol. The van der Waals surface area contributed by atoms with Gasteiger partial charge in [0, 0.05) is 12.4 Å². The van der Waals surface area contributed by atoms with Crippen LogP contribution in [0.15, 0.2) is 12.4 Å². The number of thiazole rings is 1. The number of carbonyl (C=O) groups excluding carboxylic acids is 1. The number of amides is 1. The van der Waals surface area contributed by atoms with Crippen LogP contribution in [0.3, 0.4) is 0 Å². The van der Waals surface area contributed by atoms with Crippen LogP contribution in [0.5, 0.6) is 0 Å². The molecule has 0 saturated heterocycles. The topological polar surface area (TPSA) is 70.7 Å². The van der Waals surface area contributed by atoms with Crippen molar-refractivity contribution in [2.24, 2.45) is 0 Å². The van der Waals surface area contributed by atoms with Crippen LogP contribution < -0.4 is 5.32 Å². The summed E-state index contributed by atoms with van der Waals surface area (Å²) in [6, 6.07) is 0. The van der Waals surface area contributed by atoms with Crippen molar-refractivity contribution >= 4 is 23.2 Å². The van der Waals surface area contributed by atoms with E-state index in [1.807, 2.05) is 13.8 Å². The van der Waals surface area contributed by atoms with Crippen LogP contribution in [-0.4, -0.2) is 20.9 Å². The van der Waals surface area contributed by atoms with Gasteiger partial charge in [-0.1, -0.05) is 0 Å². The second kappa shape index (κ2) is 3.82. The normalized spacial score (nSPS) is 10.3. The summed E-state index contributed by atoms with van der Waals surface area (Å²) < 4.78 is 0. The second-order valence-corrected chi connectivity index (χ2v) is 4.24. The number of imidazole rings is 1. The molecule has 6 heteroatoms. The molecule has 15 heavy (non-hydrogen) atoms. The fraction of sp³-hybridized carbons (Fsp3) is 0.222. The zero-order chi connectivity index (χ0) is 10.8. The highest BCUT2D eigenvalue weighted by Crippen LogP contribution is 2.17. The molecule has 2 heterocycles. The zero-order valence-electron chi connectivity index (χ0n) is 8.37. The summed E-state index contributed by atoms with van der Waals surface area (Å²) in [4.78, 5) is 23.3. The van der Waals surface area contributed by atoms with Gasteiger partial charge in [0.15, 0.2) is 0 Å². The third kappa shape index (κ3) is 2.04. The molecule has 0 unspecified atom stereocenters. The molecule has 2 rings (SSSR count). The standard InChI is InChI=1S/C9H10N4OS/c1-5-7(15-6(2)12-5)8(14)13-9-10-3-4-11-9/h3-4H,1-2H3,(H2,10,11,13,14). The van der Waals surface area contributed by atoms with E-state index in [1.165, 1.54) is 11.3 Å². The molecule has 0 saturated carbocycles. The number of H-pyrrole nitrogens is 1. The highest BCUT2D eigenvalue weighted by Gasteiger charge is 2.14. The lowest BCUT2D eigenvalue weighted by Gasteiger charge is -1.98. The van der Waals surface area contributed by atoms with Gasteiger partial charge in [-0.15, -0.1) is 11.3 Å². The lowest BCUT2D eigenvalue weighted by atomic mass is 10.4. The summed E-state index contributed by atoms with van der Waals surface area (Å²) in [6.45, 7) is 3.70. The highest BCUT2D eigenvalue weighted by atomic mass is 32.1. The van der Waals surface area contributed by atoms with Crippen LogP contribution in [0, 0.1) is 13.8 Å². The van der Waals surface area contributed by atoms with Crippen LogP contribution in [0.4, 0.5) is 5.95 Å². The molecule has 1 amide bonds. The molecule has 0 aromatic carbocycles. The van der Waals surface area contributed by atoms with Gasteiger partial charge in [0.1, 0.15) is 4.88 Å². The molecular formula is C9H10N4OS. The zero-order valence-corrected chi connectivity index (χ0v) is 9.18. The minimum Gasteiger partial charge on any atom is -0.331 e. The average Bonchev–Trinajstić information content (AvgIpc) is 2.75. The average molecular weight is 222 g/mol. The van der Waals surface area contributed by atoms with Crippen LogP contribution in [-0.2, 0) is 0 Å². The number of aromatic nitrogens is 3. The first-order valence-corrected chi connectivity index (χ1v) is 5.23. The van der Waals surface area contributed by atoms with E-state index >= 15 is 0 Å². The monoisotopic (exact) mass is 222 g/mol. The molecule has 0 aliphatic rings. The van der Waals surface area contributed by atoms with E-state index in [2.05, 4.69) is 20.3 Å². The Morgan fingerprint density at radius 3 is 2.87 bits per heavy atom. The quantitative estimate of drug-likeness (QED) is 0.813. The maximum absolute atomic E-state index is 11.7. The van der Waals surface area contributed by atoms with Gasteiger partial charge in [-0.2, -0.15) is 0 Å². The Balaban J connectivity index is 2.18. The first kappa shape index (κ1) is 9.85. The summed E-state index contributed by atoms with van der Waals surface area (Å²) in [7, 11) is 0. The van der Waals surface area contributed by atoms with Gasteiger partial charge in [0.05, 0.1) is 10.7 Å². The molecule has 2 aromatic rings. The van der Waals surface area contributed by atoms with E-state index in [0.29, 0.717) is 10.8 Å². The fourth-order valence-corrected chi connectivity index (χ4v) is 2.05. The highest BCUT2D eigenvalue weighted by molar-refractivity contribution is 7.13. The number of nitrogens with zero attached hydrogens (tertiary/aromatic N) is 2. The molecule has 0 fully saturated rings. The van der Waals surface area contributed by atoms with E-state index in [9.17, 15) is 4.79 Å². The molecule has 0 spiro atoms. The molecule has 78 valence electrons. The van der Waals surface area contributed by atoms with Crippen LogP contribution in [0.1, 0.15) is 20.4 Å². The van der Waals surface area contributed by atoms with E-state index in [0.717, 1.165) is 10.7 Å². The maximum Gasteiger partial charge on any atom is 0.269 e. The van der Waals surface area contributed by atoms with Crippen LogP contribution in [0.25, 0.3) is 0 Å². The molecule has 0 aliphatic heterocycles.